The van der Waals surface area contributed by atoms with Crippen molar-refractivity contribution in [3.8, 4) is 5.75 Å². The molecule has 1 aromatic carbocycles. The van der Waals surface area contributed by atoms with Crippen molar-refractivity contribution in [2.75, 3.05) is 19.0 Å². The number of aromatic nitrogens is 2. The molecule has 0 radical (unpaired) electrons. The van der Waals surface area contributed by atoms with Crippen molar-refractivity contribution in [3.05, 3.63) is 51.9 Å². The largest absolute Gasteiger partial charge is 0.496 e. The van der Waals surface area contributed by atoms with Gasteiger partial charge in [0.15, 0.2) is 0 Å². The van der Waals surface area contributed by atoms with Crippen LogP contribution in [0.2, 0.25) is 0 Å². The molecule has 24 heavy (non-hydrogen) atoms. The van der Waals surface area contributed by atoms with Crippen LogP contribution in [-0.2, 0) is 11.2 Å². The molecule has 0 unspecified atom stereocenters. The van der Waals surface area contributed by atoms with Gasteiger partial charge in [-0.1, -0.05) is 0 Å². The third-order valence-corrected chi connectivity index (χ3v) is 3.19. The molecule has 0 aliphatic heterocycles. The lowest BCUT2D eigenvalue weighted by atomic mass is 10.1. The number of methoxy groups -OCH3 is 1. The Kier molecular flexibility index (Phi) is 5.67. The summed E-state index contributed by atoms with van der Waals surface area (Å²) in [5.41, 5.74) is 1.27. The van der Waals surface area contributed by atoms with Gasteiger partial charge in [0.2, 0.25) is 5.91 Å². The molecule has 0 atom stereocenters. The first-order valence-corrected chi connectivity index (χ1v) is 7.28. The lowest BCUT2D eigenvalue weighted by Gasteiger charge is -2.11. The number of benzene rings is 1. The molecule has 1 heterocycles. The van der Waals surface area contributed by atoms with Crippen LogP contribution in [0.1, 0.15) is 23.0 Å². The smallest absolute Gasteiger partial charge is 0.271 e. The van der Waals surface area contributed by atoms with Crippen LogP contribution in [0.5, 0.6) is 5.75 Å². The van der Waals surface area contributed by atoms with E-state index in [4.69, 9.17) is 4.74 Å². The number of aromatic amines is 1. The summed E-state index contributed by atoms with van der Waals surface area (Å²) in [6.07, 6.45) is 0.506. The standard InChI is InChI=1S/C16H18N4O4/c1-10(21)18-12-3-5-14(24-2)11(9-12)7-8-17-16(23)13-4-6-15(22)20-19-13/h3-6,9H,7-8H2,1-2H3,(H,17,23)(H,18,21)(H,20,22). The van der Waals surface area contributed by atoms with Crippen LogP contribution in [-0.4, -0.2) is 35.7 Å². The zero-order valence-corrected chi connectivity index (χ0v) is 13.4. The summed E-state index contributed by atoms with van der Waals surface area (Å²) < 4.78 is 5.28. The van der Waals surface area contributed by atoms with Gasteiger partial charge in [-0.05, 0) is 36.2 Å². The summed E-state index contributed by atoms with van der Waals surface area (Å²) in [4.78, 5) is 34.0. The number of carbonyl (C=O) groups excluding carboxylic acids is 2. The highest BCUT2D eigenvalue weighted by molar-refractivity contribution is 5.92. The predicted octanol–water partition coefficient (Wildman–Crippen LogP) is 0.709. The SMILES string of the molecule is COc1ccc(NC(C)=O)cc1CCNC(=O)c1ccc(=O)[nH]n1. The van der Waals surface area contributed by atoms with E-state index >= 15 is 0 Å². The summed E-state index contributed by atoms with van der Waals surface area (Å²) in [5.74, 6) is 0.118. The number of amides is 2. The Labute approximate surface area is 138 Å². The number of ether oxygens (including phenoxy) is 1. The van der Waals surface area contributed by atoms with Gasteiger partial charge in [0.1, 0.15) is 11.4 Å². The molecule has 8 heteroatoms. The van der Waals surface area contributed by atoms with Crippen LogP contribution in [0, 0.1) is 0 Å². The maximum atomic E-state index is 11.9. The Hall–Kier alpha value is -3.16. The van der Waals surface area contributed by atoms with Crippen LogP contribution in [0.15, 0.2) is 35.1 Å². The highest BCUT2D eigenvalue weighted by atomic mass is 16.5. The van der Waals surface area contributed by atoms with Crippen molar-refractivity contribution < 1.29 is 14.3 Å². The van der Waals surface area contributed by atoms with Gasteiger partial charge in [-0.15, -0.1) is 0 Å². The molecule has 1 aromatic heterocycles. The van der Waals surface area contributed by atoms with E-state index in [1.54, 1.807) is 25.3 Å². The van der Waals surface area contributed by atoms with Crippen molar-refractivity contribution in [3.63, 3.8) is 0 Å². The molecule has 8 nitrogen and oxygen atoms in total. The summed E-state index contributed by atoms with van der Waals surface area (Å²) in [6.45, 7) is 1.78. The van der Waals surface area contributed by atoms with E-state index < -0.39 is 0 Å². The normalized spacial score (nSPS) is 10.1. The van der Waals surface area contributed by atoms with Gasteiger partial charge < -0.3 is 15.4 Å². The Bertz CT molecular complexity index is 780. The summed E-state index contributed by atoms with van der Waals surface area (Å²) in [7, 11) is 1.56. The summed E-state index contributed by atoms with van der Waals surface area (Å²) in [5, 5.41) is 11.3. The second-order valence-electron chi connectivity index (χ2n) is 5.02. The van der Waals surface area contributed by atoms with E-state index in [0.29, 0.717) is 24.4 Å². The minimum atomic E-state index is -0.386. The van der Waals surface area contributed by atoms with Gasteiger partial charge in [0.05, 0.1) is 7.11 Å². The van der Waals surface area contributed by atoms with Crippen molar-refractivity contribution in [1.82, 2.24) is 15.5 Å². The molecule has 2 aromatic rings. The van der Waals surface area contributed by atoms with E-state index in [1.807, 2.05) is 0 Å². The number of rotatable bonds is 6. The maximum Gasteiger partial charge on any atom is 0.271 e. The van der Waals surface area contributed by atoms with E-state index in [0.717, 1.165) is 5.56 Å². The van der Waals surface area contributed by atoms with Crippen molar-refractivity contribution in [2.24, 2.45) is 0 Å². The molecule has 0 spiro atoms. The fraction of sp³-hybridized carbons (Fsp3) is 0.250. The van der Waals surface area contributed by atoms with Crippen LogP contribution < -0.4 is 20.9 Å². The van der Waals surface area contributed by atoms with E-state index in [9.17, 15) is 14.4 Å². The third-order valence-electron chi connectivity index (χ3n) is 3.19. The lowest BCUT2D eigenvalue weighted by molar-refractivity contribution is -0.114. The first-order chi connectivity index (χ1) is 11.5. The van der Waals surface area contributed by atoms with Crippen LogP contribution in [0.3, 0.4) is 0 Å². The van der Waals surface area contributed by atoms with Crippen LogP contribution >= 0.6 is 0 Å². The van der Waals surface area contributed by atoms with Crippen molar-refractivity contribution >= 4 is 17.5 Å². The quantitative estimate of drug-likeness (QED) is 0.722. The first-order valence-electron chi connectivity index (χ1n) is 7.28. The topological polar surface area (TPSA) is 113 Å². The van der Waals surface area contributed by atoms with Gasteiger partial charge >= 0.3 is 0 Å². The molecule has 0 saturated carbocycles. The van der Waals surface area contributed by atoms with E-state index in [-0.39, 0.29) is 23.1 Å². The first kappa shape index (κ1) is 17.2. The molecule has 126 valence electrons. The summed E-state index contributed by atoms with van der Waals surface area (Å²) in [6, 6.07) is 7.89. The van der Waals surface area contributed by atoms with E-state index in [1.165, 1.54) is 19.1 Å². The fourth-order valence-corrected chi connectivity index (χ4v) is 2.13. The van der Waals surface area contributed by atoms with E-state index in [2.05, 4.69) is 20.8 Å². The van der Waals surface area contributed by atoms with Crippen LogP contribution in [0.4, 0.5) is 5.69 Å². The molecule has 0 aliphatic rings. The fourth-order valence-electron chi connectivity index (χ4n) is 2.13. The zero-order valence-electron chi connectivity index (χ0n) is 13.4. The highest BCUT2D eigenvalue weighted by Gasteiger charge is 2.09. The minimum Gasteiger partial charge on any atom is -0.496 e. The van der Waals surface area contributed by atoms with Gasteiger partial charge in [-0.25, -0.2) is 5.10 Å². The number of carbonyl (C=O) groups is 2. The average molecular weight is 330 g/mol. The van der Waals surface area contributed by atoms with Gasteiger partial charge in [-0.2, -0.15) is 5.10 Å². The Morgan fingerprint density at radius 1 is 1.25 bits per heavy atom. The van der Waals surface area contributed by atoms with Gasteiger partial charge in [0, 0.05) is 25.2 Å². The number of hydrogen-bond acceptors (Lipinski definition) is 5. The summed E-state index contributed by atoms with van der Waals surface area (Å²) >= 11 is 0. The van der Waals surface area contributed by atoms with Crippen molar-refractivity contribution in [2.45, 2.75) is 13.3 Å². The average Bonchev–Trinajstić information content (AvgIpc) is 2.55. The maximum absolute atomic E-state index is 11.9. The second-order valence-corrected chi connectivity index (χ2v) is 5.02. The van der Waals surface area contributed by atoms with Gasteiger partial charge in [0.25, 0.3) is 11.5 Å². The molecule has 0 bridgehead atoms. The molecule has 0 aliphatic carbocycles. The molecule has 3 N–H and O–H groups in total. The minimum absolute atomic E-state index is 0.133. The van der Waals surface area contributed by atoms with Crippen LogP contribution in [0.25, 0.3) is 0 Å². The Balaban J connectivity index is 1.99. The van der Waals surface area contributed by atoms with Gasteiger partial charge in [-0.3, -0.25) is 14.4 Å². The number of H-pyrrole nitrogens is 1. The second kappa shape index (κ2) is 7.91. The van der Waals surface area contributed by atoms with Crippen molar-refractivity contribution in [1.29, 1.82) is 0 Å². The predicted molar refractivity (Wildman–Crippen MR) is 88.2 cm³/mol. The lowest BCUT2D eigenvalue weighted by Crippen LogP contribution is -2.27. The highest BCUT2D eigenvalue weighted by Crippen LogP contribution is 2.23. The Morgan fingerprint density at radius 2 is 2.04 bits per heavy atom. The molecular weight excluding hydrogens is 312 g/mol. The molecule has 2 rings (SSSR count). The molecular formula is C16H18N4O4. The zero-order chi connectivity index (χ0) is 17.5. The number of nitrogens with one attached hydrogen (secondary N) is 3. The third kappa shape index (κ3) is 4.67. The number of hydrogen-bond donors (Lipinski definition) is 3. The number of nitrogens with zero attached hydrogens (tertiary/aromatic N) is 1. The molecule has 2 amide bonds. The molecule has 0 fully saturated rings. The monoisotopic (exact) mass is 330 g/mol. The molecule has 0 saturated heterocycles. The Morgan fingerprint density at radius 3 is 2.67 bits per heavy atom. The number of anilines is 1.